The Labute approximate surface area is 675 Å². The molecule has 0 bridgehead atoms. The Kier molecular flexibility index (Phi) is 18.7. The third kappa shape index (κ3) is 13.1. The number of anilines is 2. The van der Waals surface area contributed by atoms with Crippen LogP contribution in [0, 0.1) is 0 Å². The van der Waals surface area contributed by atoms with Gasteiger partial charge in [-0.1, -0.05) is 313 Å². The van der Waals surface area contributed by atoms with Crippen LogP contribution in [-0.2, 0) is 0 Å². The molecule has 552 valence electrons. The van der Waals surface area contributed by atoms with Crippen molar-refractivity contribution < 1.29 is 10.0 Å². The zero-order chi connectivity index (χ0) is 78.2. The summed E-state index contributed by atoms with van der Waals surface area (Å²) in [5.41, 5.74) is 16.2. The molecule has 114 heavy (non-hydrogen) atoms. The van der Waals surface area contributed by atoms with Crippen molar-refractivity contribution in [2.75, 3.05) is 9.80 Å². The maximum atomic E-state index is 10.1. The number of benzene rings is 18. The molecule has 2 aliphatic heterocycles. The van der Waals surface area contributed by atoms with Crippen LogP contribution in [0.1, 0.15) is 66.5 Å². The molecule has 2 N–H and O–H groups in total. The summed E-state index contributed by atoms with van der Waals surface area (Å²) < 4.78 is 1.08. The fraction of sp³-hybridized carbons (Fsp3) is 0.113. The van der Waals surface area contributed by atoms with Crippen molar-refractivity contribution in [2.45, 2.75) is 77.5 Å². The van der Waals surface area contributed by atoms with Gasteiger partial charge in [-0.15, -0.1) is 0 Å². The number of amidine groups is 2. The topological polar surface area (TPSA) is 71.7 Å². The van der Waals surface area contributed by atoms with Gasteiger partial charge in [-0.25, -0.2) is 0 Å². The molecule has 18 aromatic rings. The maximum Gasteiger partial charge on any atom is 0.488 e. The first-order valence-corrected chi connectivity index (χ1v) is 40.1. The van der Waals surface area contributed by atoms with Crippen LogP contribution in [-0.4, -0.2) is 51.0 Å². The van der Waals surface area contributed by atoms with Crippen LogP contribution in [0.15, 0.2) is 378 Å². The van der Waals surface area contributed by atoms with E-state index in [-0.39, 0.29) is 22.2 Å². The second-order valence-electron chi connectivity index (χ2n) is 32.3. The number of hydrogen-bond donors (Lipinski definition) is 2. The maximum absolute atomic E-state index is 10.1. The highest BCUT2D eigenvalue weighted by Gasteiger charge is 2.51. The lowest BCUT2D eigenvalue weighted by Crippen LogP contribution is -2.53. The van der Waals surface area contributed by atoms with E-state index in [0.717, 1.165) is 71.4 Å². The van der Waals surface area contributed by atoms with E-state index in [2.05, 4.69) is 421 Å². The predicted molar refractivity (Wildman–Crippen MR) is 491 cm³/mol. The molecule has 0 atom stereocenters. The average molecular weight is 1540 g/mol. The molecule has 0 radical (unpaired) electrons. The van der Waals surface area contributed by atoms with Crippen molar-refractivity contribution in [3.8, 4) is 55.6 Å². The Bertz CT molecular complexity index is 6850. The summed E-state index contributed by atoms with van der Waals surface area (Å²) >= 11 is 3.51. The first kappa shape index (κ1) is 73.0. The molecule has 0 saturated heterocycles. The molecule has 0 amide bonds. The van der Waals surface area contributed by atoms with E-state index in [4.69, 9.17) is 9.98 Å². The van der Waals surface area contributed by atoms with Crippen molar-refractivity contribution in [1.29, 1.82) is 0 Å². The fourth-order valence-corrected chi connectivity index (χ4v) is 17.4. The van der Waals surface area contributed by atoms with Gasteiger partial charge in [-0.3, -0.25) is 9.98 Å². The summed E-state index contributed by atoms with van der Waals surface area (Å²) in [5.74, 6) is 2.05. The van der Waals surface area contributed by atoms with Crippen molar-refractivity contribution in [2.24, 2.45) is 9.98 Å². The van der Waals surface area contributed by atoms with Gasteiger partial charge in [0.2, 0.25) is 0 Å². The van der Waals surface area contributed by atoms with Crippen molar-refractivity contribution in [1.82, 2.24) is 0 Å². The van der Waals surface area contributed by atoms with Crippen LogP contribution in [0.25, 0.3) is 142 Å². The first-order valence-electron chi connectivity index (χ1n) is 39.3. The number of aliphatic imine (C=N–C) groups is 2. The van der Waals surface area contributed by atoms with Crippen LogP contribution in [0.2, 0.25) is 0 Å². The highest BCUT2D eigenvalue weighted by Crippen LogP contribution is 2.50. The van der Waals surface area contributed by atoms with E-state index >= 15 is 0 Å². The molecule has 0 aromatic heterocycles. The Morgan fingerprint density at radius 2 is 0.518 bits per heavy atom. The van der Waals surface area contributed by atoms with Gasteiger partial charge in [-0.2, -0.15) is 0 Å². The number of halogens is 1. The molecule has 0 aliphatic carbocycles. The lowest BCUT2D eigenvalue weighted by Gasteiger charge is -2.41. The van der Waals surface area contributed by atoms with Gasteiger partial charge in [0.25, 0.3) is 0 Å². The summed E-state index contributed by atoms with van der Waals surface area (Å²) in [4.78, 5) is 15.2. The van der Waals surface area contributed by atoms with Crippen LogP contribution in [0.3, 0.4) is 0 Å². The van der Waals surface area contributed by atoms with Crippen molar-refractivity contribution in [3.05, 3.63) is 380 Å². The van der Waals surface area contributed by atoms with E-state index in [1.807, 2.05) is 24.3 Å². The summed E-state index contributed by atoms with van der Waals surface area (Å²) in [7, 11) is -1.54. The molecule has 18 aromatic carbocycles. The zero-order valence-electron chi connectivity index (χ0n) is 65.3. The van der Waals surface area contributed by atoms with Gasteiger partial charge < -0.3 is 19.8 Å². The highest BCUT2D eigenvalue weighted by atomic mass is 79.9. The normalized spacial score (nSPS) is 14.6. The number of para-hydroxylation sites is 2. The SMILES string of the molecule is CC1(C)N=C(c2ccc(-c3ccc4c(-c5ccc6ccccc6c5)c5ccccc5c(-c5ccc6ccccc6c5)c4c3)cc2)N(c2ccccc2)C1(C)C.CC1(C)N=C(c2ccc(Br)cc2)N(c2ccccc2)C1(C)C.OB(O)c1ccc2c(-c3ccc4ccccc4c3)c3ccccc3c(-c3ccc4ccccc4c3)c2c1. The third-order valence-corrected chi connectivity index (χ3v) is 25.0. The Hall–Kier alpha value is -12.6. The van der Waals surface area contributed by atoms with Gasteiger partial charge in [0.15, 0.2) is 0 Å². The lowest BCUT2D eigenvalue weighted by molar-refractivity contribution is 0.338. The molecular weight excluding hydrogens is 1450 g/mol. The molecule has 0 unspecified atom stereocenters. The molecule has 2 heterocycles. The van der Waals surface area contributed by atoms with Gasteiger partial charge in [-0.05, 0) is 269 Å². The average Bonchev–Trinajstić information content (AvgIpc) is 0.883. The predicted octanol–water partition coefficient (Wildman–Crippen LogP) is 26.7. The number of rotatable bonds is 10. The molecule has 0 spiro atoms. The minimum absolute atomic E-state index is 0.100. The molecule has 2 aliphatic rings. The quantitative estimate of drug-likeness (QED) is 0.106. The van der Waals surface area contributed by atoms with Crippen LogP contribution in [0.4, 0.5) is 11.4 Å². The summed E-state index contributed by atoms with van der Waals surface area (Å²) in [6.45, 7) is 18.0. The number of fused-ring (bicyclic) bond motifs is 8. The Morgan fingerprint density at radius 1 is 0.246 bits per heavy atom. The monoisotopic (exact) mass is 1540 g/mol. The second kappa shape index (κ2) is 29.2. The molecular formula is C106H86BBrN4O2. The van der Waals surface area contributed by atoms with Crippen molar-refractivity contribution in [3.63, 3.8) is 0 Å². The minimum Gasteiger partial charge on any atom is -0.423 e. The molecule has 0 saturated carbocycles. The van der Waals surface area contributed by atoms with E-state index in [0.29, 0.717) is 5.46 Å². The standard InChI is InChI=1S/C53H42N2.C34H23BO2.C19H21BrN2/c1-52(2)53(3,4)55(44-18-6-5-7-19-44)51(54-52)38-26-22-37(23-27-38)41-30-31-47-48(34-41)50(43-29-25-36-15-9-11-17-40(36)33-43)46-21-13-12-20-45(46)49(47)42-28-24-35-14-8-10-16-39(35)32-42;36-35(37)28-17-18-31-32(21-28)34(27-16-14-23-8-2-4-10-25(23)20-27)30-12-6-5-11-29(30)33(31)26-15-13-22-7-1-3-9-24(22)19-26;1-18(2)19(3,4)22(16-8-6-5-7-9-16)17(21-18)14-10-12-15(20)13-11-14/h5-34H,1-4H3;1-21,36-37H;5-13H,1-4H3. The summed E-state index contributed by atoms with van der Waals surface area (Å²) in [5, 5.41) is 39.3. The Balaban J connectivity index is 0.000000131. The van der Waals surface area contributed by atoms with Crippen LogP contribution >= 0.6 is 15.9 Å². The van der Waals surface area contributed by atoms with E-state index in [1.165, 1.54) is 109 Å². The molecule has 0 fully saturated rings. The summed E-state index contributed by atoms with van der Waals surface area (Å²) in [6.07, 6.45) is 0. The lowest BCUT2D eigenvalue weighted by atomic mass is 9.77. The van der Waals surface area contributed by atoms with E-state index < -0.39 is 7.12 Å². The number of nitrogens with zero attached hydrogens (tertiary/aromatic N) is 4. The van der Waals surface area contributed by atoms with Crippen LogP contribution < -0.4 is 15.3 Å². The molecule has 6 nitrogen and oxygen atoms in total. The van der Waals surface area contributed by atoms with Gasteiger partial charge in [0.1, 0.15) is 11.7 Å². The highest BCUT2D eigenvalue weighted by molar-refractivity contribution is 9.10. The molecule has 20 rings (SSSR count). The first-order chi connectivity index (χ1) is 55.3. The van der Waals surface area contributed by atoms with Gasteiger partial charge in [0, 0.05) is 27.0 Å². The molecule has 8 heteroatoms. The number of hydrogen-bond acceptors (Lipinski definition) is 6. The van der Waals surface area contributed by atoms with Crippen molar-refractivity contribution >= 4 is 138 Å². The van der Waals surface area contributed by atoms with Crippen LogP contribution in [0.5, 0.6) is 0 Å². The van der Waals surface area contributed by atoms with Gasteiger partial charge >= 0.3 is 7.12 Å². The third-order valence-electron chi connectivity index (χ3n) is 24.4. The van der Waals surface area contributed by atoms with E-state index in [1.54, 1.807) is 0 Å². The largest absolute Gasteiger partial charge is 0.488 e. The van der Waals surface area contributed by atoms with E-state index in [9.17, 15) is 10.0 Å². The van der Waals surface area contributed by atoms with Gasteiger partial charge in [0.05, 0.1) is 22.2 Å². The zero-order valence-corrected chi connectivity index (χ0v) is 66.9. The second-order valence-corrected chi connectivity index (χ2v) is 33.2. The summed E-state index contributed by atoms with van der Waals surface area (Å²) in [6, 6.07) is 130. The Morgan fingerprint density at radius 3 is 0.877 bits per heavy atom. The fourth-order valence-electron chi connectivity index (χ4n) is 17.2. The smallest absolute Gasteiger partial charge is 0.423 e. The minimum atomic E-state index is -1.54.